The van der Waals surface area contributed by atoms with Gasteiger partial charge >= 0.3 is 0 Å². The minimum absolute atomic E-state index is 0.896. The van der Waals surface area contributed by atoms with Gasteiger partial charge in [0.2, 0.25) is 0 Å². The lowest BCUT2D eigenvalue weighted by Crippen LogP contribution is -1.87. The molecule has 0 N–H and O–H groups in total. The van der Waals surface area contributed by atoms with Crippen LogP contribution in [0, 0.1) is 5.92 Å². The van der Waals surface area contributed by atoms with Crippen LogP contribution in [0.15, 0.2) is 12.2 Å². The second-order valence-electron chi connectivity index (χ2n) is 7.14. The van der Waals surface area contributed by atoms with E-state index in [1.54, 1.807) is 0 Å². The van der Waals surface area contributed by atoms with Gasteiger partial charge < -0.3 is 0 Å². The van der Waals surface area contributed by atoms with Gasteiger partial charge in [0.05, 0.1) is 0 Å². The molecule has 21 heavy (non-hydrogen) atoms. The van der Waals surface area contributed by atoms with Crippen molar-refractivity contribution in [3.63, 3.8) is 0 Å². The summed E-state index contributed by atoms with van der Waals surface area (Å²) in [6.45, 7) is 6.79. The molecule has 126 valence electrons. The lowest BCUT2D eigenvalue weighted by molar-refractivity contribution is 0.503. The van der Waals surface area contributed by atoms with Crippen LogP contribution in [0.5, 0.6) is 0 Å². The van der Waals surface area contributed by atoms with Crippen LogP contribution in [-0.4, -0.2) is 0 Å². The van der Waals surface area contributed by atoms with Gasteiger partial charge in [-0.15, -0.1) is 0 Å². The lowest BCUT2D eigenvalue weighted by atomic mass is 10.0. The van der Waals surface area contributed by atoms with Crippen molar-refractivity contribution in [2.75, 3.05) is 0 Å². The molecule has 0 radical (unpaired) electrons. The van der Waals surface area contributed by atoms with E-state index in [2.05, 4.69) is 32.9 Å². The van der Waals surface area contributed by atoms with Crippen LogP contribution in [0.2, 0.25) is 0 Å². The molecule has 0 rings (SSSR count). The van der Waals surface area contributed by atoms with Crippen LogP contribution in [-0.2, 0) is 0 Å². The summed E-state index contributed by atoms with van der Waals surface area (Å²) in [5.41, 5.74) is 0. The molecule has 0 saturated heterocycles. The number of rotatable bonds is 16. The SMILES string of the molecule is C/C=C\CCCCCCCCCCCCCCCC(C)C. The molecule has 0 unspecified atom stereocenters. The van der Waals surface area contributed by atoms with Crippen molar-refractivity contribution in [2.45, 2.75) is 117 Å². The molecule has 0 nitrogen and oxygen atoms in total. The van der Waals surface area contributed by atoms with Gasteiger partial charge in [0.15, 0.2) is 0 Å². The number of hydrogen-bond donors (Lipinski definition) is 0. The van der Waals surface area contributed by atoms with Crippen LogP contribution in [0.25, 0.3) is 0 Å². The van der Waals surface area contributed by atoms with E-state index < -0.39 is 0 Å². The summed E-state index contributed by atoms with van der Waals surface area (Å²) in [6, 6.07) is 0. The molecule has 0 heterocycles. The topological polar surface area (TPSA) is 0 Å². The molecule has 0 amide bonds. The summed E-state index contributed by atoms with van der Waals surface area (Å²) in [4.78, 5) is 0. The Kier molecular flexibility index (Phi) is 17.6. The summed E-state index contributed by atoms with van der Waals surface area (Å²) >= 11 is 0. The van der Waals surface area contributed by atoms with Crippen molar-refractivity contribution < 1.29 is 0 Å². The molecule has 0 aliphatic rings. The largest absolute Gasteiger partial charge is 0.0917 e. The van der Waals surface area contributed by atoms with Gasteiger partial charge in [-0.05, 0) is 25.7 Å². The quantitative estimate of drug-likeness (QED) is 0.199. The van der Waals surface area contributed by atoms with E-state index in [9.17, 15) is 0 Å². The highest BCUT2D eigenvalue weighted by molar-refractivity contribution is 4.76. The molecular weight excluding hydrogens is 252 g/mol. The van der Waals surface area contributed by atoms with Gasteiger partial charge in [0.1, 0.15) is 0 Å². The fraction of sp³-hybridized carbons (Fsp3) is 0.905. The van der Waals surface area contributed by atoms with Crippen molar-refractivity contribution in [3.8, 4) is 0 Å². The minimum Gasteiger partial charge on any atom is -0.0917 e. The van der Waals surface area contributed by atoms with Crippen LogP contribution >= 0.6 is 0 Å². The molecule has 0 spiro atoms. The van der Waals surface area contributed by atoms with E-state index in [0.717, 1.165) is 5.92 Å². The van der Waals surface area contributed by atoms with Crippen LogP contribution in [0.1, 0.15) is 117 Å². The van der Waals surface area contributed by atoms with Crippen molar-refractivity contribution in [1.82, 2.24) is 0 Å². The van der Waals surface area contributed by atoms with Gasteiger partial charge in [0, 0.05) is 0 Å². The van der Waals surface area contributed by atoms with Gasteiger partial charge in [-0.2, -0.15) is 0 Å². The van der Waals surface area contributed by atoms with E-state index in [-0.39, 0.29) is 0 Å². The normalized spacial score (nSPS) is 11.8. The maximum Gasteiger partial charge on any atom is -0.0351 e. The van der Waals surface area contributed by atoms with Crippen LogP contribution < -0.4 is 0 Å². The third kappa shape index (κ3) is 19.7. The fourth-order valence-electron chi connectivity index (χ4n) is 2.93. The molecule has 0 heteroatoms. The Hall–Kier alpha value is -0.260. The molecule has 0 aromatic heterocycles. The summed E-state index contributed by atoms with van der Waals surface area (Å²) < 4.78 is 0. The highest BCUT2D eigenvalue weighted by Crippen LogP contribution is 2.14. The summed E-state index contributed by atoms with van der Waals surface area (Å²) in [7, 11) is 0. The van der Waals surface area contributed by atoms with E-state index in [1.807, 2.05) is 0 Å². The van der Waals surface area contributed by atoms with Crippen molar-refractivity contribution in [3.05, 3.63) is 12.2 Å². The van der Waals surface area contributed by atoms with Gasteiger partial charge in [-0.3, -0.25) is 0 Å². The highest BCUT2D eigenvalue weighted by atomic mass is 14.0. The van der Waals surface area contributed by atoms with E-state index in [4.69, 9.17) is 0 Å². The zero-order chi connectivity index (χ0) is 15.6. The first kappa shape index (κ1) is 20.7. The summed E-state index contributed by atoms with van der Waals surface area (Å²) in [5.74, 6) is 0.896. The van der Waals surface area contributed by atoms with E-state index >= 15 is 0 Å². The molecule has 0 saturated carbocycles. The summed E-state index contributed by atoms with van der Waals surface area (Å²) in [5, 5.41) is 0. The van der Waals surface area contributed by atoms with Crippen LogP contribution in [0.3, 0.4) is 0 Å². The maximum atomic E-state index is 2.34. The zero-order valence-corrected chi connectivity index (χ0v) is 15.3. The Bertz CT molecular complexity index is 202. The number of unbranched alkanes of at least 4 members (excludes halogenated alkanes) is 13. The Balaban J connectivity index is 2.96. The van der Waals surface area contributed by atoms with Crippen molar-refractivity contribution in [2.24, 2.45) is 5.92 Å². The minimum atomic E-state index is 0.896. The smallest absolute Gasteiger partial charge is 0.0351 e. The second-order valence-corrected chi connectivity index (χ2v) is 7.14. The monoisotopic (exact) mass is 294 g/mol. The van der Waals surface area contributed by atoms with Crippen molar-refractivity contribution in [1.29, 1.82) is 0 Å². The second kappa shape index (κ2) is 17.8. The van der Waals surface area contributed by atoms with Crippen LogP contribution in [0.4, 0.5) is 0 Å². The summed E-state index contributed by atoms with van der Waals surface area (Å²) in [6.07, 6.45) is 26.1. The van der Waals surface area contributed by atoms with Crippen molar-refractivity contribution >= 4 is 0 Å². The first-order valence-corrected chi connectivity index (χ1v) is 9.88. The lowest BCUT2D eigenvalue weighted by Gasteiger charge is -2.04. The number of allylic oxidation sites excluding steroid dienone is 2. The van der Waals surface area contributed by atoms with E-state index in [1.165, 1.54) is 96.3 Å². The fourth-order valence-corrected chi connectivity index (χ4v) is 2.93. The molecule has 0 fully saturated rings. The molecule has 0 aromatic rings. The predicted molar refractivity (Wildman–Crippen MR) is 98.9 cm³/mol. The van der Waals surface area contributed by atoms with Gasteiger partial charge in [-0.1, -0.05) is 109 Å². The first-order chi connectivity index (χ1) is 10.3. The average molecular weight is 295 g/mol. The van der Waals surface area contributed by atoms with E-state index in [0.29, 0.717) is 0 Å². The molecule has 0 atom stereocenters. The Morgan fingerprint density at radius 1 is 0.571 bits per heavy atom. The molecule has 0 aromatic carbocycles. The Morgan fingerprint density at radius 3 is 1.33 bits per heavy atom. The zero-order valence-electron chi connectivity index (χ0n) is 15.3. The molecule has 0 bridgehead atoms. The molecular formula is C21H42. The van der Waals surface area contributed by atoms with Gasteiger partial charge in [0.25, 0.3) is 0 Å². The van der Waals surface area contributed by atoms with Gasteiger partial charge in [-0.25, -0.2) is 0 Å². The third-order valence-corrected chi connectivity index (χ3v) is 4.39. The Labute approximate surface area is 135 Å². The highest BCUT2D eigenvalue weighted by Gasteiger charge is 1.95. The standard InChI is InChI=1S/C21H42/c1-4-5-6-7-8-9-10-11-12-13-14-15-16-17-18-19-20-21(2)3/h4-5,21H,6-20H2,1-3H3/b5-4-. The Morgan fingerprint density at radius 2 is 0.952 bits per heavy atom. The first-order valence-electron chi connectivity index (χ1n) is 9.88. The molecule has 0 aliphatic carbocycles. The third-order valence-electron chi connectivity index (χ3n) is 4.39. The number of hydrogen-bond acceptors (Lipinski definition) is 0. The maximum absolute atomic E-state index is 2.34. The predicted octanol–water partition coefficient (Wildman–Crippen LogP) is 8.07. The molecule has 0 aliphatic heterocycles. The average Bonchev–Trinajstić information content (AvgIpc) is 2.46.